The van der Waals surface area contributed by atoms with Crippen molar-refractivity contribution >= 4 is 23.8 Å². The standard InChI is InChI=1S/C17H22N4O2.C6H13NO.CH4O/c1-2-13(10-18)21(23)20-17(22)19-16-14-7-3-5-11(14)9-12-6-4-8-15(12)16;1-3-5(2)4-6(7)8;1-2/h2,9-10,18,23H,3-8H2,1H3,(H2,19,20,22);5H,3-4H2,1-2H3,(H2,7,8);2H,1H3/b13-2+,18-10?;;/t;5-;/m.1./s1. The summed E-state index contributed by atoms with van der Waals surface area (Å²) in [6, 6.07) is 1.81. The molecule has 33 heavy (non-hydrogen) atoms. The van der Waals surface area contributed by atoms with Crippen LogP contribution < -0.4 is 16.5 Å². The summed E-state index contributed by atoms with van der Waals surface area (Å²) in [5.41, 5.74) is 13.6. The average Bonchev–Trinajstić information content (AvgIpc) is 3.45. The zero-order valence-corrected chi connectivity index (χ0v) is 20.2. The number of aliphatic hydroxyl groups excluding tert-OH is 1. The second-order valence-electron chi connectivity index (χ2n) is 8.15. The van der Waals surface area contributed by atoms with E-state index in [4.69, 9.17) is 16.2 Å². The molecule has 2 aliphatic carbocycles. The number of hydrazine groups is 1. The van der Waals surface area contributed by atoms with Gasteiger partial charge in [0.2, 0.25) is 5.91 Å². The number of nitrogens with zero attached hydrogens (tertiary/aromatic N) is 1. The van der Waals surface area contributed by atoms with E-state index in [1.165, 1.54) is 28.3 Å². The molecular formula is C24H39N5O4. The molecule has 0 saturated heterocycles. The van der Waals surface area contributed by atoms with Gasteiger partial charge in [0, 0.05) is 25.4 Å². The van der Waals surface area contributed by atoms with Crippen molar-refractivity contribution in [2.24, 2.45) is 11.7 Å². The lowest BCUT2D eigenvalue weighted by Crippen LogP contribution is -2.42. The van der Waals surface area contributed by atoms with E-state index in [0.717, 1.165) is 64.0 Å². The number of carbonyl (C=O) groups is 2. The van der Waals surface area contributed by atoms with Crippen LogP contribution in [0.4, 0.5) is 10.5 Å². The van der Waals surface area contributed by atoms with E-state index in [0.29, 0.717) is 17.5 Å². The van der Waals surface area contributed by atoms with Crippen LogP contribution in [0.5, 0.6) is 0 Å². The minimum Gasteiger partial charge on any atom is -0.400 e. The number of rotatable bonds is 7. The van der Waals surface area contributed by atoms with Crippen LogP contribution in [0.15, 0.2) is 17.8 Å². The highest BCUT2D eigenvalue weighted by Crippen LogP contribution is 2.38. The van der Waals surface area contributed by atoms with Crippen LogP contribution in [0.25, 0.3) is 0 Å². The zero-order valence-electron chi connectivity index (χ0n) is 20.2. The molecule has 9 nitrogen and oxygen atoms in total. The Labute approximate surface area is 196 Å². The molecule has 0 aliphatic heterocycles. The molecule has 9 heteroatoms. The van der Waals surface area contributed by atoms with Crippen LogP contribution in [0.2, 0.25) is 0 Å². The fourth-order valence-corrected chi connectivity index (χ4v) is 4.02. The predicted molar refractivity (Wildman–Crippen MR) is 130 cm³/mol. The lowest BCUT2D eigenvalue weighted by Gasteiger charge is -2.20. The van der Waals surface area contributed by atoms with Crippen LogP contribution >= 0.6 is 0 Å². The predicted octanol–water partition coefficient (Wildman–Crippen LogP) is 3.46. The van der Waals surface area contributed by atoms with Crippen molar-refractivity contribution in [3.05, 3.63) is 40.1 Å². The summed E-state index contributed by atoms with van der Waals surface area (Å²) >= 11 is 0. The number of hydrogen-bond donors (Lipinski definition) is 6. The number of nitrogens with two attached hydrogens (primary N) is 1. The Morgan fingerprint density at radius 1 is 1.18 bits per heavy atom. The van der Waals surface area contributed by atoms with E-state index in [1.54, 1.807) is 6.92 Å². The molecule has 1 aromatic rings. The number of urea groups is 1. The van der Waals surface area contributed by atoms with Gasteiger partial charge in [-0.3, -0.25) is 10.0 Å². The first-order chi connectivity index (χ1) is 15.8. The van der Waals surface area contributed by atoms with Gasteiger partial charge in [-0.25, -0.2) is 10.2 Å². The van der Waals surface area contributed by atoms with Gasteiger partial charge in [-0.05, 0) is 73.6 Å². The summed E-state index contributed by atoms with van der Waals surface area (Å²) in [4.78, 5) is 22.4. The van der Waals surface area contributed by atoms with E-state index in [-0.39, 0.29) is 11.6 Å². The van der Waals surface area contributed by atoms with Crippen molar-refractivity contribution in [2.45, 2.75) is 72.1 Å². The molecule has 3 amide bonds. The number of hydrogen-bond acceptors (Lipinski definition) is 6. The first-order valence-electron chi connectivity index (χ1n) is 11.4. The van der Waals surface area contributed by atoms with E-state index >= 15 is 0 Å². The third kappa shape index (κ3) is 8.18. The number of fused-ring (bicyclic) bond motifs is 2. The fourth-order valence-electron chi connectivity index (χ4n) is 4.02. The van der Waals surface area contributed by atoms with Crippen LogP contribution in [0.3, 0.4) is 0 Å². The molecule has 0 aromatic heterocycles. The van der Waals surface area contributed by atoms with Gasteiger partial charge in [0.15, 0.2) is 0 Å². The van der Waals surface area contributed by atoms with Crippen LogP contribution in [-0.2, 0) is 30.5 Å². The number of carbonyl (C=O) groups excluding carboxylic acids is 2. The Morgan fingerprint density at radius 3 is 2.12 bits per heavy atom. The largest absolute Gasteiger partial charge is 0.400 e. The highest BCUT2D eigenvalue weighted by Gasteiger charge is 2.25. The molecule has 0 bridgehead atoms. The molecular weight excluding hydrogens is 422 g/mol. The maximum Gasteiger partial charge on any atom is 0.339 e. The molecule has 0 unspecified atom stereocenters. The summed E-state index contributed by atoms with van der Waals surface area (Å²) < 4.78 is 0. The summed E-state index contributed by atoms with van der Waals surface area (Å²) in [7, 11) is 1.00. The second-order valence-corrected chi connectivity index (χ2v) is 8.15. The summed E-state index contributed by atoms with van der Waals surface area (Å²) in [5, 5.41) is 27.5. The lowest BCUT2D eigenvalue weighted by atomic mass is 9.99. The molecule has 7 N–H and O–H groups in total. The minimum atomic E-state index is -0.497. The number of allylic oxidation sites excluding steroid dienone is 2. The van der Waals surface area contributed by atoms with Crippen molar-refractivity contribution in [1.29, 1.82) is 5.41 Å². The summed E-state index contributed by atoms with van der Waals surface area (Å²) in [6.07, 6.45) is 10.4. The van der Waals surface area contributed by atoms with Gasteiger partial charge in [-0.1, -0.05) is 32.4 Å². The minimum absolute atomic E-state index is 0.195. The van der Waals surface area contributed by atoms with Gasteiger partial charge >= 0.3 is 6.03 Å². The number of amides is 3. The van der Waals surface area contributed by atoms with Crippen molar-refractivity contribution in [1.82, 2.24) is 10.6 Å². The molecule has 0 fully saturated rings. The van der Waals surface area contributed by atoms with E-state index in [1.807, 2.05) is 13.8 Å². The van der Waals surface area contributed by atoms with Crippen LogP contribution in [0, 0.1) is 11.3 Å². The topological polar surface area (TPSA) is 152 Å². The van der Waals surface area contributed by atoms with Crippen LogP contribution in [-0.4, -0.2) is 40.7 Å². The van der Waals surface area contributed by atoms with Gasteiger partial charge in [-0.2, -0.15) is 5.17 Å². The molecule has 0 spiro atoms. The highest BCUT2D eigenvalue weighted by atomic mass is 16.5. The Morgan fingerprint density at radius 2 is 1.73 bits per heavy atom. The third-order valence-corrected chi connectivity index (χ3v) is 5.85. The lowest BCUT2D eigenvalue weighted by molar-refractivity contribution is -0.118. The van der Waals surface area contributed by atoms with Crippen molar-refractivity contribution in [3.63, 3.8) is 0 Å². The number of aryl methyl sites for hydroxylation is 2. The number of hydroxylamine groups is 1. The van der Waals surface area contributed by atoms with E-state index in [2.05, 4.69) is 16.8 Å². The Bertz CT molecular complexity index is 821. The molecule has 1 aromatic carbocycles. The number of aliphatic hydroxyl groups is 1. The third-order valence-electron chi connectivity index (χ3n) is 5.85. The van der Waals surface area contributed by atoms with Gasteiger partial charge in [0.05, 0.1) is 0 Å². The number of primary amides is 1. The Hall–Kier alpha value is -2.91. The van der Waals surface area contributed by atoms with Crippen molar-refractivity contribution in [3.8, 4) is 0 Å². The average molecular weight is 462 g/mol. The SMILES string of the molecule is C/C=C(\C=N)N(O)NC(=O)Nc1c2c(cc3c1CCC3)CCC2.CC[C@@H](C)CC(N)=O.CO. The molecule has 3 rings (SSSR count). The molecule has 0 radical (unpaired) electrons. The molecule has 0 heterocycles. The smallest absolute Gasteiger partial charge is 0.339 e. The van der Waals surface area contributed by atoms with Gasteiger partial charge in [-0.15, -0.1) is 0 Å². The number of nitrogens with one attached hydrogen (secondary N) is 3. The number of anilines is 1. The van der Waals surface area contributed by atoms with Gasteiger partial charge < -0.3 is 21.6 Å². The molecule has 0 saturated carbocycles. The summed E-state index contributed by atoms with van der Waals surface area (Å²) in [5.74, 6) is 0.256. The van der Waals surface area contributed by atoms with Gasteiger partial charge in [0.1, 0.15) is 5.70 Å². The highest BCUT2D eigenvalue weighted by molar-refractivity contribution is 5.92. The first-order valence-corrected chi connectivity index (χ1v) is 11.4. The monoisotopic (exact) mass is 461 g/mol. The first kappa shape index (κ1) is 28.1. The maximum atomic E-state index is 12.2. The molecule has 2 aliphatic rings. The maximum absolute atomic E-state index is 12.2. The van der Waals surface area contributed by atoms with Crippen LogP contribution in [0.1, 0.15) is 68.7 Å². The van der Waals surface area contributed by atoms with Crippen molar-refractivity contribution in [2.75, 3.05) is 12.4 Å². The Kier molecular flexibility index (Phi) is 12.2. The summed E-state index contributed by atoms with van der Waals surface area (Å²) in [6.45, 7) is 5.75. The molecule has 1 atom stereocenters. The van der Waals surface area contributed by atoms with Gasteiger partial charge in [0.25, 0.3) is 0 Å². The van der Waals surface area contributed by atoms with Crippen molar-refractivity contribution < 1.29 is 19.9 Å². The second kappa shape index (κ2) is 14.3. The number of benzene rings is 1. The quantitative estimate of drug-likeness (QED) is 0.271. The molecule has 184 valence electrons. The zero-order chi connectivity index (χ0) is 25.0. The van der Waals surface area contributed by atoms with E-state index < -0.39 is 6.03 Å². The Balaban J connectivity index is 0.000000464. The fraction of sp³-hybridized carbons (Fsp3) is 0.542. The van der Waals surface area contributed by atoms with E-state index in [9.17, 15) is 14.8 Å². The normalized spacial score (nSPS) is 14.4.